The van der Waals surface area contributed by atoms with Crippen molar-refractivity contribution in [2.45, 2.75) is 111 Å². The van der Waals surface area contributed by atoms with Crippen LogP contribution in [-0.2, 0) is 4.79 Å². The highest BCUT2D eigenvalue weighted by molar-refractivity contribution is 6.20. The van der Waals surface area contributed by atoms with Gasteiger partial charge in [0.05, 0.1) is 0 Å². The standard InChI is InChI=1S/C27H45ClO/c1-17(2)7-6-8-18(3)21-9-10-22-20-16-25(29)24-15-19(28)11-13-27(24,5)23(20)12-14-26(21,22)4/h17-24H,6-16H2,1-5H3/t18-,19-,20+,21-,22+,23+,24-,26-,27-/m1/s1. The summed E-state index contributed by atoms with van der Waals surface area (Å²) in [5.74, 6) is 5.57. The van der Waals surface area contributed by atoms with E-state index in [0.717, 1.165) is 48.9 Å². The predicted octanol–water partition coefficient (Wildman–Crippen LogP) is 7.89. The molecule has 0 unspecified atom stereocenters. The second-order valence-corrected chi connectivity index (χ2v) is 13.1. The number of hydrogen-bond donors (Lipinski definition) is 0. The van der Waals surface area contributed by atoms with Gasteiger partial charge in [0.25, 0.3) is 0 Å². The first-order chi connectivity index (χ1) is 13.7. The van der Waals surface area contributed by atoms with E-state index >= 15 is 0 Å². The zero-order valence-corrected chi connectivity index (χ0v) is 20.4. The van der Waals surface area contributed by atoms with Crippen molar-refractivity contribution in [1.82, 2.24) is 0 Å². The molecule has 166 valence electrons. The molecule has 0 N–H and O–H groups in total. The Balaban J connectivity index is 1.50. The molecule has 4 aliphatic rings. The van der Waals surface area contributed by atoms with Crippen LogP contribution in [0.3, 0.4) is 0 Å². The number of carbonyl (C=O) groups is 1. The number of alkyl halides is 1. The third kappa shape index (κ3) is 3.74. The molecule has 0 bridgehead atoms. The third-order valence-corrected chi connectivity index (χ3v) is 11.0. The Labute approximate surface area is 185 Å². The van der Waals surface area contributed by atoms with Crippen LogP contribution in [-0.4, -0.2) is 11.2 Å². The minimum atomic E-state index is 0.227. The maximum atomic E-state index is 13.3. The van der Waals surface area contributed by atoms with E-state index in [2.05, 4.69) is 34.6 Å². The Hall–Kier alpha value is -0.0400. The molecule has 2 heteroatoms. The van der Waals surface area contributed by atoms with Crippen LogP contribution in [0.15, 0.2) is 0 Å². The Morgan fingerprint density at radius 1 is 0.966 bits per heavy atom. The molecule has 0 radical (unpaired) electrons. The molecule has 4 saturated carbocycles. The lowest BCUT2D eigenvalue weighted by Gasteiger charge is -2.60. The smallest absolute Gasteiger partial charge is 0.136 e. The SMILES string of the molecule is CC(C)CCC[C@@H](C)[C@H]1CC[C@H]2[C@@H]3CC(=O)[C@H]4C[C@H](Cl)CC[C@]4(C)[C@H]3CC[C@]12C. The molecule has 9 atom stereocenters. The van der Waals surface area contributed by atoms with Crippen molar-refractivity contribution in [2.75, 3.05) is 0 Å². The molecule has 4 fully saturated rings. The van der Waals surface area contributed by atoms with Crippen LogP contribution in [0.25, 0.3) is 0 Å². The van der Waals surface area contributed by atoms with Crippen LogP contribution in [0.4, 0.5) is 0 Å². The molecule has 0 aromatic heterocycles. The molecule has 4 aliphatic carbocycles. The lowest BCUT2D eigenvalue weighted by molar-refractivity contribution is -0.154. The molecule has 0 aromatic carbocycles. The van der Waals surface area contributed by atoms with E-state index in [1.54, 1.807) is 0 Å². The fraction of sp³-hybridized carbons (Fsp3) is 0.963. The van der Waals surface area contributed by atoms with Gasteiger partial charge in [0.15, 0.2) is 0 Å². The van der Waals surface area contributed by atoms with Gasteiger partial charge in [-0.25, -0.2) is 0 Å². The van der Waals surface area contributed by atoms with E-state index in [4.69, 9.17) is 11.6 Å². The van der Waals surface area contributed by atoms with E-state index < -0.39 is 0 Å². The van der Waals surface area contributed by atoms with Crippen molar-refractivity contribution in [1.29, 1.82) is 0 Å². The van der Waals surface area contributed by atoms with Crippen LogP contribution in [0.5, 0.6) is 0 Å². The summed E-state index contributed by atoms with van der Waals surface area (Å²) in [6.07, 6.45) is 13.8. The molecule has 0 amide bonds. The van der Waals surface area contributed by atoms with Gasteiger partial charge in [-0.1, -0.05) is 53.9 Å². The summed E-state index contributed by atoms with van der Waals surface area (Å²) in [6, 6.07) is 0. The number of fused-ring (bicyclic) bond motifs is 5. The Morgan fingerprint density at radius 3 is 2.38 bits per heavy atom. The first-order valence-electron chi connectivity index (χ1n) is 12.8. The van der Waals surface area contributed by atoms with E-state index in [-0.39, 0.29) is 16.7 Å². The maximum absolute atomic E-state index is 13.3. The first kappa shape index (κ1) is 22.2. The van der Waals surface area contributed by atoms with Gasteiger partial charge in [0, 0.05) is 17.7 Å². The van der Waals surface area contributed by atoms with E-state index in [1.165, 1.54) is 51.4 Å². The number of halogens is 1. The molecular weight excluding hydrogens is 376 g/mol. The molecule has 0 spiro atoms. The van der Waals surface area contributed by atoms with Gasteiger partial charge in [-0.15, -0.1) is 11.6 Å². The summed E-state index contributed by atoms with van der Waals surface area (Å²) in [7, 11) is 0. The van der Waals surface area contributed by atoms with Gasteiger partial charge in [-0.05, 0) is 91.3 Å². The highest BCUT2D eigenvalue weighted by Gasteiger charge is 2.62. The number of hydrogen-bond acceptors (Lipinski definition) is 1. The van der Waals surface area contributed by atoms with Gasteiger partial charge in [0.2, 0.25) is 0 Å². The zero-order chi connectivity index (χ0) is 21.0. The third-order valence-electron chi connectivity index (χ3n) is 10.6. The lowest BCUT2D eigenvalue weighted by atomic mass is 9.44. The van der Waals surface area contributed by atoms with Crippen molar-refractivity contribution in [3.05, 3.63) is 0 Å². The van der Waals surface area contributed by atoms with Crippen LogP contribution in [0.1, 0.15) is 105 Å². The minimum absolute atomic E-state index is 0.227. The van der Waals surface area contributed by atoms with Crippen LogP contribution < -0.4 is 0 Å². The zero-order valence-electron chi connectivity index (χ0n) is 19.7. The second kappa shape index (κ2) is 8.14. The second-order valence-electron chi connectivity index (χ2n) is 12.5. The van der Waals surface area contributed by atoms with Crippen LogP contribution in [0, 0.1) is 52.3 Å². The molecule has 4 rings (SSSR count). The summed E-state index contributed by atoms with van der Waals surface area (Å²) in [4.78, 5) is 13.3. The molecule has 0 saturated heterocycles. The summed E-state index contributed by atoms with van der Waals surface area (Å²) in [5, 5.41) is 0.227. The van der Waals surface area contributed by atoms with Gasteiger partial charge in [-0.3, -0.25) is 4.79 Å². The molecule has 0 heterocycles. The molecule has 29 heavy (non-hydrogen) atoms. The summed E-state index contributed by atoms with van der Waals surface area (Å²) >= 11 is 6.51. The molecular formula is C27H45ClO. The maximum Gasteiger partial charge on any atom is 0.136 e. The predicted molar refractivity (Wildman–Crippen MR) is 123 cm³/mol. The number of carbonyl (C=O) groups excluding carboxylic acids is 1. The van der Waals surface area contributed by atoms with Gasteiger partial charge in [0.1, 0.15) is 5.78 Å². The average molecular weight is 421 g/mol. The topological polar surface area (TPSA) is 17.1 Å². The van der Waals surface area contributed by atoms with Crippen molar-refractivity contribution in [3.63, 3.8) is 0 Å². The first-order valence-corrected chi connectivity index (χ1v) is 13.3. The van der Waals surface area contributed by atoms with Gasteiger partial charge < -0.3 is 0 Å². The van der Waals surface area contributed by atoms with Crippen molar-refractivity contribution < 1.29 is 4.79 Å². The number of Topliss-reactive ketones (excluding diaryl/α,β-unsaturated/α-hetero) is 1. The van der Waals surface area contributed by atoms with E-state index in [0.29, 0.717) is 17.1 Å². The quantitative estimate of drug-likeness (QED) is 0.413. The van der Waals surface area contributed by atoms with Crippen molar-refractivity contribution >= 4 is 17.4 Å². The number of ketones is 1. The van der Waals surface area contributed by atoms with Crippen LogP contribution in [0.2, 0.25) is 0 Å². The highest BCUT2D eigenvalue weighted by atomic mass is 35.5. The fourth-order valence-electron chi connectivity index (χ4n) is 9.02. The number of rotatable bonds is 5. The average Bonchev–Trinajstić information content (AvgIpc) is 3.00. The summed E-state index contributed by atoms with van der Waals surface area (Å²) < 4.78 is 0. The summed E-state index contributed by atoms with van der Waals surface area (Å²) in [5.41, 5.74) is 0.708. The largest absolute Gasteiger partial charge is 0.299 e. The van der Waals surface area contributed by atoms with Gasteiger partial charge >= 0.3 is 0 Å². The highest BCUT2D eigenvalue weighted by Crippen LogP contribution is 2.68. The van der Waals surface area contributed by atoms with E-state index in [1.807, 2.05) is 0 Å². The minimum Gasteiger partial charge on any atom is -0.299 e. The van der Waals surface area contributed by atoms with Gasteiger partial charge in [-0.2, -0.15) is 0 Å². The normalized spacial score (nSPS) is 48.2. The van der Waals surface area contributed by atoms with Crippen LogP contribution >= 0.6 is 11.6 Å². The van der Waals surface area contributed by atoms with E-state index in [9.17, 15) is 4.79 Å². The molecule has 0 aromatic rings. The Morgan fingerprint density at radius 2 is 1.66 bits per heavy atom. The summed E-state index contributed by atoms with van der Waals surface area (Å²) in [6.45, 7) is 12.3. The Bertz CT molecular complexity index is 614. The Kier molecular flexibility index (Phi) is 6.22. The molecule has 1 nitrogen and oxygen atoms in total. The molecule has 0 aliphatic heterocycles. The van der Waals surface area contributed by atoms with Crippen molar-refractivity contribution in [2.24, 2.45) is 52.3 Å². The fourth-order valence-corrected chi connectivity index (χ4v) is 9.31. The lowest BCUT2D eigenvalue weighted by Crippen LogP contribution is -2.56. The monoisotopic (exact) mass is 420 g/mol. The van der Waals surface area contributed by atoms with Crippen molar-refractivity contribution in [3.8, 4) is 0 Å².